The number of carbonyl (C=O) groups excluding carboxylic acids is 1. The zero-order chi connectivity index (χ0) is 16.0. The van der Waals surface area contributed by atoms with Crippen LogP contribution in [-0.2, 0) is 11.2 Å². The maximum Gasteiger partial charge on any atom is 0.329 e. The summed E-state index contributed by atoms with van der Waals surface area (Å²) in [4.78, 5) is 27.9. The summed E-state index contributed by atoms with van der Waals surface area (Å²) in [5, 5.41) is 12.2. The van der Waals surface area contributed by atoms with Gasteiger partial charge in [0.15, 0.2) is 0 Å². The van der Waals surface area contributed by atoms with Gasteiger partial charge < -0.3 is 10.4 Å². The molecule has 21 heavy (non-hydrogen) atoms. The fourth-order valence-electron chi connectivity index (χ4n) is 2.14. The molecule has 0 saturated carbocycles. The Kier molecular flexibility index (Phi) is 6.15. The highest BCUT2D eigenvalue weighted by molar-refractivity contribution is 6.29. The predicted octanol–water partition coefficient (Wildman–Crippen LogP) is 3.06. The van der Waals surface area contributed by atoms with E-state index in [0.29, 0.717) is 24.8 Å². The van der Waals surface area contributed by atoms with Crippen molar-refractivity contribution in [1.29, 1.82) is 0 Å². The minimum absolute atomic E-state index is 0.236. The van der Waals surface area contributed by atoms with Crippen molar-refractivity contribution in [3.8, 4) is 0 Å². The quantitative estimate of drug-likeness (QED) is 0.758. The molecule has 0 bridgehead atoms. The third-order valence-electron chi connectivity index (χ3n) is 3.58. The van der Waals surface area contributed by atoms with Crippen LogP contribution in [0.1, 0.15) is 56.1 Å². The average molecular weight is 313 g/mol. The van der Waals surface area contributed by atoms with Crippen molar-refractivity contribution < 1.29 is 14.7 Å². The van der Waals surface area contributed by atoms with Crippen LogP contribution in [0.25, 0.3) is 0 Å². The summed E-state index contributed by atoms with van der Waals surface area (Å²) in [6.45, 7) is 5.48. The van der Waals surface area contributed by atoms with Gasteiger partial charge in [-0.25, -0.2) is 9.78 Å². The van der Waals surface area contributed by atoms with Crippen molar-refractivity contribution in [2.75, 3.05) is 0 Å². The van der Waals surface area contributed by atoms with Crippen LogP contribution in [0.3, 0.4) is 0 Å². The molecule has 0 fully saturated rings. The highest BCUT2D eigenvalue weighted by Crippen LogP contribution is 2.18. The Labute approximate surface area is 129 Å². The van der Waals surface area contributed by atoms with Crippen molar-refractivity contribution in [2.45, 2.75) is 52.0 Å². The van der Waals surface area contributed by atoms with Gasteiger partial charge >= 0.3 is 5.97 Å². The first-order chi connectivity index (χ1) is 9.88. The first-order valence-corrected chi connectivity index (χ1v) is 7.48. The normalized spacial score (nSPS) is 11.2. The SMILES string of the molecule is CCCc1cc(C(=O)NC(CC)(CC)C(=O)O)cc(Cl)n1. The number of carboxylic acids is 1. The van der Waals surface area contributed by atoms with Gasteiger partial charge in [-0.15, -0.1) is 0 Å². The van der Waals surface area contributed by atoms with Crippen molar-refractivity contribution in [2.24, 2.45) is 0 Å². The van der Waals surface area contributed by atoms with Crippen LogP contribution in [0.15, 0.2) is 12.1 Å². The number of hydrogen-bond acceptors (Lipinski definition) is 3. The number of carboxylic acid groups (broad SMARTS) is 1. The molecule has 6 heteroatoms. The summed E-state index contributed by atoms with van der Waals surface area (Å²) >= 11 is 5.92. The Balaban J connectivity index is 3.05. The van der Waals surface area contributed by atoms with Crippen molar-refractivity contribution in [3.05, 3.63) is 28.5 Å². The topological polar surface area (TPSA) is 79.3 Å². The lowest BCUT2D eigenvalue weighted by Gasteiger charge is -2.28. The molecule has 0 aliphatic rings. The van der Waals surface area contributed by atoms with E-state index in [2.05, 4.69) is 10.3 Å². The van der Waals surface area contributed by atoms with E-state index in [0.717, 1.165) is 12.1 Å². The van der Waals surface area contributed by atoms with Crippen LogP contribution in [0.2, 0.25) is 5.15 Å². The molecule has 1 aromatic heterocycles. The van der Waals surface area contributed by atoms with Crippen molar-refractivity contribution in [3.63, 3.8) is 0 Å². The van der Waals surface area contributed by atoms with Crippen molar-refractivity contribution in [1.82, 2.24) is 10.3 Å². The molecular formula is C15H21ClN2O3. The number of rotatable bonds is 7. The fraction of sp³-hybridized carbons (Fsp3) is 0.533. The Morgan fingerprint density at radius 2 is 1.90 bits per heavy atom. The van der Waals surface area contributed by atoms with Crippen LogP contribution in [0.4, 0.5) is 0 Å². The van der Waals surface area contributed by atoms with E-state index < -0.39 is 17.4 Å². The van der Waals surface area contributed by atoms with E-state index in [9.17, 15) is 14.7 Å². The third kappa shape index (κ3) is 4.17. The van der Waals surface area contributed by atoms with Crippen LogP contribution in [-0.4, -0.2) is 27.5 Å². The van der Waals surface area contributed by atoms with Crippen LogP contribution >= 0.6 is 11.6 Å². The highest BCUT2D eigenvalue weighted by Gasteiger charge is 2.36. The summed E-state index contributed by atoms with van der Waals surface area (Å²) in [6, 6.07) is 3.11. The monoisotopic (exact) mass is 312 g/mol. The van der Waals surface area contributed by atoms with Gasteiger partial charge in [0.1, 0.15) is 10.7 Å². The van der Waals surface area contributed by atoms with Crippen LogP contribution in [0.5, 0.6) is 0 Å². The molecule has 1 aromatic rings. The largest absolute Gasteiger partial charge is 0.480 e. The maximum atomic E-state index is 12.3. The lowest BCUT2D eigenvalue weighted by molar-refractivity contribution is -0.144. The van der Waals surface area contributed by atoms with Gasteiger partial charge in [0, 0.05) is 11.3 Å². The minimum atomic E-state index is -1.25. The zero-order valence-electron chi connectivity index (χ0n) is 12.6. The van der Waals surface area contributed by atoms with E-state index in [1.54, 1.807) is 19.9 Å². The Bertz CT molecular complexity index is 528. The maximum absolute atomic E-state index is 12.3. The fourth-order valence-corrected chi connectivity index (χ4v) is 2.36. The summed E-state index contributed by atoms with van der Waals surface area (Å²) in [5.41, 5.74) is -0.187. The summed E-state index contributed by atoms with van der Waals surface area (Å²) in [5.74, 6) is -1.47. The average Bonchev–Trinajstić information content (AvgIpc) is 2.44. The number of aromatic nitrogens is 1. The number of pyridine rings is 1. The smallest absolute Gasteiger partial charge is 0.329 e. The van der Waals surface area contributed by atoms with Gasteiger partial charge in [-0.2, -0.15) is 0 Å². The number of hydrogen-bond donors (Lipinski definition) is 2. The molecule has 5 nitrogen and oxygen atoms in total. The first-order valence-electron chi connectivity index (χ1n) is 7.10. The molecule has 0 aliphatic carbocycles. The number of amides is 1. The molecule has 0 aromatic carbocycles. The number of carbonyl (C=O) groups is 2. The highest BCUT2D eigenvalue weighted by atomic mass is 35.5. The molecule has 1 heterocycles. The van der Waals surface area contributed by atoms with E-state index in [1.165, 1.54) is 6.07 Å². The zero-order valence-corrected chi connectivity index (χ0v) is 13.3. The molecule has 1 amide bonds. The lowest BCUT2D eigenvalue weighted by Crippen LogP contribution is -2.53. The molecule has 0 atom stereocenters. The van der Waals surface area contributed by atoms with Crippen molar-refractivity contribution >= 4 is 23.5 Å². The van der Waals surface area contributed by atoms with E-state index in [4.69, 9.17) is 11.6 Å². The Morgan fingerprint density at radius 3 is 2.38 bits per heavy atom. The van der Waals surface area contributed by atoms with Gasteiger partial charge in [-0.3, -0.25) is 4.79 Å². The first kappa shape index (κ1) is 17.4. The van der Waals surface area contributed by atoms with Crippen LogP contribution in [0, 0.1) is 0 Å². The number of halogens is 1. The van der Waals surface area contributed by atoms with E-state index >= 15 is 0 Å². The number of nitrogens with one attached hydrogen (secondary N) is 1. The molecule has 116 valence electrons. The van der Waals surface area contributed by atoms with E-state index in [1.807, 2.05) is 6.92 Å². The minimum Gasteiger partial charge on any atom is -0.480 e. The lowest BCUT2D eigenvalue weighted by atomic mass is 9.92. The number of aryl methyl sites for hydroxylation is 1. The van der Waals surface area contributed by atoms with Gasteiger partial charge in [0.2, 0.25) is 0 Å². The van der Waals surface area contributed by atoms with Gasteiger partial charge in [0.25, 0.3) is 5.91 Å². The van der Waals surface area contributed by atoms with Gasteiger partial charge in [-0.05, 0) is 31.4 Å². The molecule has 0 aliphatic heterocycles. The second-order valence-electron chi connectivity index (χ2n) is 4.97. The Morgan fingerprint density at radius 1 is 1.29 bits per heavy atom. The molecule has 0 radical (unpaired) electrons. The van der Waals surface area contributed by atoms with Crippen LogP contribution < -0.4 is 5.32 Å². The molecule has 0 saturated heterocycles. The number of nitrogens with zero attached hydrogens (tertiary/aromatic N) is 1. The Hall–Kier alpha value is -1.62. The number of aliphatic carboxylic acids is 1. The standard InChI is InChI=1S/C15H21ClN2O3/c1-4-7-11-8-10(9-12(16)17-11)13(19)18-15(5-2,6-3)14(20)21/h8-9H,4-7H2,1-3H3,(H,18,19)(H,20,21). The molecule has 0 spiro atoms. The predicted molar refractivity (Wildman–Crippen MR) is 81.7 cm³/mol. The summed E-state index contributed by atoms with van der Waals surface area (Å²) < 4.78 is 0. The molecular weight excluding hydrogens is 292 g/mol. The summed E-state index contributed by atoms with van der Waals surface area (Å²) in [6.07, 6.45) is 2.22. The molecule has 2 N–H and O–H groups in total. The second kappa shape index (κ2) is 7.41. The molecule has 0 unspecified atom stereocenters. The van der Waals surface area contributed by atoms with Gasteiger partial charge in [0.05, 0.1) is 0 Å². The third-order valence-corrected chi connectivity index (χ3v) is 3.78. The van der Waals surface area contributed by atoms with Gasteiger partial charge in [-0.1, -0.05) is 38.8 Å². The molecule has 1 rings (SSSR count). The summed E-state index contributed by atoms with van der Waals surface area (Å²) in [7, 11) is 0. The van der Waals surface area contributed by atoms with E-state index in [-0.39, 0.29) is 5.15 Å². The second-order valence-corrected chi connectivity index (χ2v) is 5.36.